The number of fused-ring (bicyclic) bond motifs is 1. The molecule has 1 unspecified atom stereocenters. The van der Waals surface area contributed by atoms with Gasteiger partial charge in [0.15, 0.2) is 0 Å². The Kier molecular flexibility index (Phi) is 7.64. The Morgan fingerprint density at radius 1 is 1.29 bits per heavy atom. The molecule has 162 valence electrons. The quantitative estimate of drug-likeness (QED) is 0.404. The zero-order valence-electron chi connectivity index (χ0n) is 17.8. The first-order valence-corrected chi connectivity index (χ1v) is 10.3. The number of anilines is 1. The van der Waals surface area contributed by atoms with E-state index in [0.29, 0.717) is 31.8 Å². The van der Waals surface area contributed by atoms with E-state index in [9.17, 15) is 10.1 Å². The van der Waals surface area contributed by atoms with Crippen molar-refractivity contribution in [2.75, 3.05) is 32.2 Å². The summed E-state index contributed by atoms with van der Waals surface area (Å²) in [5, 5.41) is 13.9. The summed E-state index contributed by atoms with van der Waals surface area (Å²) in [5.74, 6) is 0. The van der Waals surface area contributed by atoms with Crippen molar-refractivity contribution in [3.05, 3.63) is 68.7 Å². The minimum Gasteiger partial charge on any atom is -0.382 e. The summed E-state index contributed by atoms with van der Waals surface area (Å²) in [6, 6.07) is 11.4. The number of aryl methyl sites for hydroxylation is 1. The predicted molar refractivity (Wildman–Crippen MR) is 122 cm³/mol. The van der Waals surface area contributed by atoms with Crippen molar-refractivity contribution >= 4 is 28.2 Å². The maximum absolute atomic E-state index is 12.4. The number of halogens is 1. The summed E-state index contributed by atoms with van der Waals surface area (Å²) >= 11 is 6.07. The van der Waals surface area contributed by atoms with E-state index >= 15 is 0 Å². The van der Waals surface area contributed by atoms with Crippen LogP contribution in [0.5, 0.6) is 0 Å². The highest BCUT2D eigenvalue weighted by Crippen LogP contribution is 2.26. The van der Waals surface area contributed by atoms with Gasteiger partial charge in [0.2, 0.25) is 0 Å². The molecule has 0 amide bonds. The molecule has 31 heavy (non-hydrogen) atoms. The standard InChI is InChI=1S/C23H25ClN4O3/c1-15(14-31-9-8-30-3)27-20-12-22(29)28(2)21-5-4-16(11-18(20)21)10-17-6-7-26-23(24)19(17)13-25/h4-7,11-12,15,27H,8-10,14H2,1-3H3. The Morgan fingerprint density at radius 2 is 2.10 bits per heavy atom. The van der Waals surface area contributed by atoms with Crippen molar-refractivity contribution in [1.82, 2.24) is 9.55 Å². The molecule has 0 bridgehead atoms. The van der Waals surface area contributed by atoms with Crippen molar-refractivity contribution in [2.24, 2.45) is 7.05 Å². The molecule has 3 rings (SSSR count). The molecule has 0 saturated heterocycles. The third-order valence-electron chi connectivity index (χ3n) is 5.01. The first-order valence-electron chi connectivity index (χ1n) is 9.94. The molecule has 0 saturated carbocycles. The third-order valence-corrected chi connectivity index (χ3v) is 5.30. The molecule has 1 atom stereocenters. The normalized spacial score (nSPS) is 12.0. The molecule has 1 aromatic carbocycles. The Balaban J connectivity index is 1.93. The summed E-state index contributed by atoms with van der Waals surface area (Å²) in [4.78, 5) is 16.4. The second kappa shape index (κ2) is 10.4. The Morgan fingerprint density at radius 3 is 2.84 bits per heavy atom. The number of ether oxygens (including phenoxy) is 2. The van der Waals surface area contributed by atoms with Crippen LogP contribution in [0.2, 0.25) is 5.15 Å². The van der Waals surface area contributed by atoms with E-state index < -0.39 is 0 Å². The Bertz CT molecular complexity index is 1170. The highest BCUT2D eigenvalue weighted by molar-refractivity contribution is 6.30. The van der Waals surface area contributed by atoms with Gasteiger partial charge in [0.1, 0.15) is 11.2 Å². The minimum atomic E-state index is -0.0945. The number of benzene rings is 1. The van der Waals surface area contributed by atoms with Gasteiger partial charge < -0.3 is 19.4 Å². The molecule has 0 aliphatic rings. The molecule has 8 heteroatoms. The topological polar surface area (TPSA) is 89.2 Å². The molecule has 2 heterocycles. The number of nitrogens with one attached hydrogen (secondary N) is 1. The largest absolute Gasteiger partial charge is 0.382 e. The van der Waals surface area contributed by atoms with Crippen LogP contribution in [0.1, 0.15) is 23.6 Å². The van der Waals surface area contributed by atoms with Gasteiger partial charge in [0.05, 0.1) is 30.9 Å². The molecule has 0 fully saturated rings. The fourth-order valence-electron chi connectivity index (χ4n) is 3.41. The van der Waals surface area contributed by atoms with Gasteiger partial charge in [-0.05, 0) is 42.7 Å². The van der Waals surface area contributed by atoms with E-state index in [2.05, 4.69) is 16.4 Å². The van der Waals surface area contributed by atoms with E-state index in [0.717, 1.165) is 27.7 Å². The van der Waals surface area contributed by atoms with E-state index in [4.69, 9.17) is 21.1 Å². The smallest absolute Gasteiger partial charge is 0.252 e. The highest BCUT2D eigenvalue weighted by atomic mass is 35.5. The van der Waals surface area contributed by atoms with Gasteiger partial charge in [-0.3, -0.25) is 4.79 Å². The van der Waals surface area contributed by atoms with Gasteiger partial charge in [0, 0.05) is 43.5 Å². The lowest BCUT2D eigenvalue weighted by atomic mass is 10.00. The van der Waals surface area contributed by atoms with Gasteiger partial charge in [-0.2, -0.15) is 5.26 Å². The maximum atomic E-state index is 12.4. The van der Waals surface area contributed by atoms with Crippen molar-refractivity contribution in [3.63, 3.8) is 0 Å². The average Bonchev–Trinajstić information content (AvgIpc) is 2.75. The lowest BCUT2D eigenvalue weighted by Gasteiger charge is -2.18. The molecule has 3 aromatic rings. The molecular formula is C23H25ClN4O3. The van der Waals surface area contributed by atoms with Crippen molar-refractivity contribution in [1.29, 1.82) is 5.26 Å². The number of nitriles is 1. The van der Waals surface area contributed by atoms with E-state index in [1.54, 1.807) is 37.1 Å². The van der Waals surface area contributed by atoms with Gasteiger partial charge in [-0.25, -0.2) is 4.98 Å². The van der Waals surface area contributed by atoms with Gasteiger partial charge in [-0.15, -0.1) is 0 Å². The average molecular weight is 441 g/mol. The van der Waals surface area contributed by atoms with Crippen LogP contribution in [0.3, 0.4) is 0 Å². The molecule has 7 nitrogen and oxygen atoms in total. The van der Waals surface area contributed by atoms with Crippen LogP contribution in [0, 0.1) is 11.3 Å². The zero-order chi connectivity index (χ0) is 22.4. The van der Waals surface area contributed by atoms with E-state index in [1.807, 2.05) is 25.1 Å². The summed E-state index contributed by atoms with van der Waals surface area (Å²) in [6.07, 6.45) is 2.13. The molecule has 0 aliphatic carbocycles. The lowest BCUT2D eigenvalue weighted by molar-refractivity contribution is 0.0677. The van der Waals surface area contributed by atoms with Crippen LogP contribution in [0.15, 0.2) is 41.3 Å². The van der Waals surface area contributed by atoms with Crippen LogP contribution in [-0.4, -0.2) is 42.5 Å². The molecule has 0 radical (unpaired) electrons. The van der Waals surface area contributed by atoms with Crippen molar-refractivity contribution < 1.29 is 9.47 Å². The molecular weight excluding hydrogens is 416 g/mol. The summed E-state index contributed by atoms with van der Waals surface area (Å²) in [5.41, 5.74) is 3.65. The van der Waals surface area contributed by atoms with Gasteiger partial charge >= 0.3 is 0 Å². The molecule has 2 aromatic heterocycles. The van der Waals surface area contributed by atoms with Crippen molar-refractivity contribution in [2.45, 2.75) is 19.4 Å². The van der Waals surface area contributed by atoms with Gasteiger partial charge in [0.25, 0.3) is 5.56 Å². The monoisotopic (exact) mass is 440 g/mol. The number of pyridine rings is 2. The number of rotatable bonds is 9. The second-order valence-corrected chi connectivity index (χ2v) is 7.70. The van der Waals surface area contributed by atoms with Crippen LogP contribution in [0.4, 0.5) is 5.69 Å². The first-order chi connectivity index (χ1) is 14.9. The third kappa shape index (κ3) is 5.42. The highest BCUT2D eigenvalue weighted by Gasteiger charge is 2.13. The predicted octanol–water partition coefficient (Wildman–Crippen LogP) is 3.51. The zero-order valence-corrected chi connectivity index (χ0v) is 18.6. The SMILES string of the molecule is COCCOCC(C)Nc1cc(=O)n(C)c2ccc(Cc3ccnc(Cl)c3C#N)cc12. The van der Waals surface area contributed by atoms with Crippen LogP contribution in [0.25, 0.3) is 10.9 Å². The fourth-order valence-corrected chi connectivity index (χ4v) is 3.63. The summed E-state index contributed by atoms with van der Waals surface area (Å²) < 4.78 is 12.2. The maximum Gasteiger partial charge on any atom is 0.252 e. The van der Waals surface area contributed by atoms with E-state index in [1.165, 1.54) is 0 Å². The number of nitrogens with zero attached hydrogens (tertiary/aromatic N) is 3. The number of methoxy groups -OCH3 is 1. The summed E-state index contributed by atoms with van der Waals surface area (Å²) in [7, 11) is 3.38. The lowest BCUT2D eigenvalue weighted by Crippen LogP contribution is -2.25. The molecule has 0 spiro atoms. The van der Waals surface area contributed by atoms with Crippen molar-refractivity contribution in [3.8, 4) is 6.07 Å². The minimum absolute atomic E-state index is 0.0000132. The first kappa shape index (κ1) is 22.8. The van der Waals surface area contributed by atoms with Crippen LogP contribution >= 0.6 is 11.6 Å². The number of hydrogen-bond acceptors (Lipinski definition) is 6. The van der Waals surface area contributed by atoms with E-state index in [-0.39, 0.29) is 16.8 Å². The van der Waals surface area contributed by atoms with Crippen LogP contribution < -0.4 is 10.9 Å². The Hall–Kier alpha value is -2.92. The summed E-state index contributed by atoms with van der Waals surface area (Å²) in [6.45, 7) is 3.53. The molecule has 1 N–H and O–H groups in total. The second-order valence-electron chi connectivity index (χ2n) is 7.34. The number of hydrogen-bond donors (Lipinski definition) is 1. The van der Waals surface area contributed by atoms with Gasteiger partial charge in [-0.1, -0.05) is 17.7 Å². The van der Waals surface area contributed by atoms with Crippen LogP contribution in [-0.2, 0) is 22.9 Å². The Labute approximate surface area is 186 Å². The number of aromatic nitrogens is 2. The fraction of sp³-hybridized carbons (Fsp3) is 0.348. The molecule has 0 aliphatic heterocycles.